The van der Waals surface area contributed by atoms with Crippen LogP contribution in [-0.4, -0.2) is 36.1 Å². The second-order valence-electron chi connectivity index (χ2n) is 3.03. The summed E-state index contributed by atoms with van der Waals surface area (Å²) < 4.78 is 10.6. The van der Waals surface area contributed by atoms with Crippen molar-refractivity contribution in [2.24, 2.45) is 0 Å². The molecule has 0 unspecified atom stereocenters. The van der Waals surface area contributed by atoms with Gasteiger partial charge in [-0.25, -0.2) is 0 Å². The van der Waals surface area contributed by atoms with E-state index in [9.17, 15) is 5.11 Å². The quantitative estimate of drug-likeness (QED) is 0.455. The Labute approximate surface area is 65.6 Å². The zero-order chi connectivity index (χ0) is 7.84. The van der Waals surface area contributed by atoms with Crippen LogP contribution in [0.2, 0.25) is 0 Å². The Hall–Kier alpha value is -0.380. The van der Waals surface area contributed by atoms with E-state index in [1.807, 2.05) is 6.08 Å². The van der Waals surface area contributed by atoms with Crippen LogP contribution in [-0.2, 0) is 9.47 Å². The van der Waals surface area contributed by atoms with E-state index in [0.717, 1.165) is 6.42 Å². The predicted molar refractivity (Wildman–Crippen MR) is 39.2 cm³/mol. The van der Waals surface area contributed by atoms with Gasteiger partial charge in [0, 0.05) is 0 Å². The van der Waals surface area contributed by atoms with Crippen molar-refractivity contribution in [1.82, 2.24) is 0 Å². The summed E-state index contributed by atoms with van der Waals surface area (Å²) in [6.45, 7) is 4.03. The molecule has 2 aliphatic rings. The molecule has 0 aromatic rings. The summed E-state index contributed by atoms with van der Waals surface area (Å²) in [4.78, 5) is 0. The van der Waals surface area contributed by atoms with Crippen molar-refractivity contribution in [3.63, 3.8) is 0 Å². The van der Waals surface area contributed by atoms with Gasteiger partial charge in [-0.15, -0.1) is 6.58 Å². The van der Waals surface area contributed by atoms with Gasteiger partial charge >= 0.3 is 0 Å². The monoisotopic (exact) mass is 156 g/mol. The highest BCUT2D eigenvalue weighted by Crippen LogP contribution is 2.35. The number of fused-ring (bicyclic) bond motifs is 1. The summed E-state index contributed by atoms with van der Waals surface area (Å²) in [5, 5.41) is 9.23. The SMILES string of the molecule is C=CC[C@H]1OC[C@H](O)[C@@H]2O[C@@H]21. The number of ether oxygens (including phenoxy) is 2. The highest BCUT2D eigenvalue weighted by Gasteiger charge is 2.52. The van der Waals surface area contributed by atoms with E-state index >= 15 is 0 Å². The third kappa shape index (κ3) is 1.20. The van der Waals surface area contributed by atoms with Crippen LogP contribution < -0.4 is 0 Å². The minimum absolute atomic E-state index is 0.0358. The van der Waals surface area contributed by atoms with Gasteiger partial charge in [0.1, 0.15) is 18.3 Å². The van der Waals surface area contributed by atoms with Crippen LogP contribution in [0.5, 0.6) is 0 Å². The molecule has 62 valence electrons. The average molecular weight is 156 g/mol. The van der Waals surface area contributed by atoms with Gasteiger partial charge in [-0.2, -0.15) is 0 Å². The predicted octanol–water partition coefficient (Wildman–Crippen LogP) is 0.0896. The van der Waals surface area contributed by atoms with Crippen LogP contribution in [0.3, 0.4) is 0 Å². The lowest BCUT2D eigenvalue weighted by atomic mass is 10.1. The maximum absolute atomic E-state index is 9.23. The van der Waals surface area contributed by atoms with E-state index in [2.05, 4.69) is 6.58 Å². The highest BCUT2D eigenvalue weighted by molar-refractivity contribution is 5.01. The Kier molecular flexibility index (Phi) is 1.71. The molecule has 0 aliphatic carbocycles. The highest BCUT2D eigenvalue weighted by atomic mass is 16.6. The summed E-state index contributed by atoms with van der Waals surface area (Å²) in [6.07, 6.45) is 2.50. The zero-order valence-corrected chi connectivity index (χ0v) is 6.27. The van der Waals surface area contributed by atoms with Gasteiger partial charge in [0.25, 0.3) is 0 Å². The van der Waals surface area contributed by atoms with Crippen LogP contribution in [0.4, 0.5) is 0 Å². The number of hydrogen-bond acceptors (Lipinski definition) is 3. The van der Waals surface area contributed by atoms with Crippen molar-refractivity contribution in [3.05, 3.63) is 12.7 Å². The van der Waals surface area contributed by atoms with E-state index in [0.29, 0.717) is 6.61 Å². The second kappa shape index (κ2) is 2.59. The molecule has 0 aromatic heterocycles. The molecule has 2 aliphatic heterocycles. The molecule has 1 N–H and O–H groups in total. The number of aliphatic hydroxyl groups is 1. The van der Waals surface area contributed by atoms with Gasteiger partial charge in [0.2, 0.25) is 0 Å². The minimum Gasteiger partial charge on any atom is -0.388 e. The zero-order valence-electron chi connectivity index (χ0n) is 6.27. The third-order valence-electron chi connectivity index (χ3n) is 2.19. The van der Waals surface area contributed by atoms with Crippen molar-refractivity contribution in [3.8, 4) is 0 Å². The van der Waals surface area contributed by atoms with Crippen molar-refractivity contribution >= 4 is 0 Å². The fourth-order valence-corrected chi connectivity index (χ4v) is 1.52. The van der Waals surface area contributed by atoms with E-state index in [4.69, 9.17) is 9.47 Å². The first-order valence-corrected chi connectivity index (χ1v) is 3.89. The molecule has 11 heavy (non-hydrogen) atoms. The van der Waals surface area contributed by atoms with Crippen LogP contribution in [0.25, 0.3) is 0 Å². The molecule has 3 heteroatoms. The Morgan fingerprint density at radius 2 is 2.36 bits per heavy atom. The summed E-state index contributed by atoms with van der Waals surface area (Å²) >= 11 is 0. The van der Waals surface area contributed by atoms with Gasteiger partial charge in [0.15, 0.2) is 0 Å². The first kappa shape index (κ1) is 7.28. The normalized spacial score (nSPS) is 48.1. The molecule has 4 atom stereocenters. The summed E-state index contributed by atoms with van der Waals surface area (Å²) in [6, 6.07) is 0. The maximum atomic E-state index is 9.23. The van der Waals surface area contributed by atoms with E-state index in [-0.39, 0.29) is 18.3 Å². The molecule has 0 radical (unpaired) electrons. The second-order valence-corrected chi connectivity index (χ2v) is 3.03. The number of epoxide rings is 1. The Morgan fingerprint density at radius 1 is 1.55 bits per heavy atom. The fourth-order valence-electron chi connectivity index (χ4n) is 1.52. The van der Waals surface area contributed by atoms with Gasteiger partial charge < -0.3 is 14.6 Å². The molecule has 2 fully saturated rings. The van der Waals surface area contributed by atoms with Crippen LogP contribution in [0.15, 0.2) is 12.7 Å². The first-order valence-electron chi connectivity index (χ1n) is 3.89. The molecular weight excluding hydrogens is 144 g/mol. The number of rotatable bonds is 2. The number of hydrogen-bond donors (Lipinski definition) is 1. The smallest absolute Gasteiger partial charge is 0.115 e. The first-order chi connectivity index (χ1) is 5.33. The standard InChI is InChI=1S/C8H12O3/c1-2-3-6-8-7(11-8)5(9)4-10-6/h2,5-9H,1,3-4H2/t5-,6+,7-,8+/m0/s1. The van der Waals surface area contributed by atoms with Crippen LogP contribution in [0.1, 0.15) is 6.42 Å². The maximum Gasteiger partial charge on any atom is 0.115 e. The Bertz CT molecular complexity index is 169. The van der Waals surface area contributed by atoms with Crippen LogP contribution in [0, 0.1) is 0 Å². The van der Waals surface area contributed by atoms with Crippen molar-refractivity contribution in [2.45, 2.75) is 30.8 Å². The topological polar surface area (TPSA) is 42.0 Å². The minimum atomic E-state index is -0.416. The molecule has 3 nitrogen and oxygen atoms in total. The van der Waals surface area contributed by atoms with Gasteiger partial charge in [-0.05, 0) is 6.42 Å². The summed E-state index contributed by atoms with van der Waals surface area (Å²) in [5.41, 5.74) is 0. The lowest BCUT2D eigenvalue weighted by Crippen LogP contribution is -2.36. The lowest BCUT2D eigenvalue weighted by Gasteiger charge is -2.20. The van der Waals surface area contributed by atoms with E-state index in [1.54, 1.807) is 0 Å². The molecular formula is C8H12O3. The van der Waals surface area contributed by atoms with Crippen molar-refractivity contribution < 1.29 is 14.6 Å². The molecule has 2 rings (SSSR count). The largest absolute Gasteiger partial charge is 0.388 e. The fraction of sp³-hybridized carbons (Fsp3) is 0.750. The van der Waals surface area contributed by atoms with Crippen molar-refractivity contribution in [2.75, 3.05) is 6.61 Å². The lowest BCUT2D eigenvalue weighted by molar-refractivity contribution is -0.0337. The summed E-state index contributed by atoms with van der Waals surface area (Å²) in [7, 11) is 0. The van der Waals surface area contributed by atoms with Gasteiger partial charge in [-0.1, -0.05) is 6.08 Å². The molecule has 0 spiro atoms. The molecule has 0 bridgehead atoms. The van der Waals surface area contributed by atoms with E-state index in [1.165, 1.54) is 0 Å². The summed E-state index contributed by atoms with van der Waals surface area (Å²) in [5.74, 6) is 0. The van der Waals surface area contributed by atoms with Gasteiger partial charge in [-0.3, -0.25) is 0 Å². The third-order valence-corrected chi connectivity index (χ3v) is 2.19. The Morgan fingerprint density at radius 3 is 3.09 bits per heavy atom. The molecule has 0 aromatic carbocycles. The van der Waals surface area contributed by atoms with Crippen LogP contribution >= 0.6 is 0 Å². The molecule has 2 heterocycles. The molecule has 0 amide bonds. The van der Waals surface area contributed by atoms with Crippen molar-refractivity contribution in [1.29, 1.82) is 0 Å². The molecule has 0 saturated carbocycles. The number of aliphatic hydroxyl groups excluding tert-OH is 1. The average Bonchev–Trinajstić information content (AvgIpc) is 2.75. The van der Waals surface area contributed by atoms with E-state index < -0.39 is 6.10 Å². The van der Waals surface area contributed by atoms with Gasteiger partial charge in [0.05, 0.1) is 12.7 Å². The molecule has 2 saturated heterocycles. The Balaban J connectivity index is 1.92.